The summed E-state index contributed by atoms with van der Waals surface area (Å²) in [5.74, 6) is 0.862. The highest BCUT2D eigenvalue weighted by atomic mass is 32.2. The topological polar surface area (TPSA) is 51.2 Å². The first-order valence-corrected chi connectivity index (χ1v) is 13.1. The van der Waals surface area contributed by atoms with Crippen molar-refractivity contribution in [3.05, 3.63) is 46.3 Å². The first-order valence-electron chi connectivity index (χ1n) is 10.5. The summed E-state index contributed by atoms with van der Waals surface area (Å²) in [5, 5.41) is 1.84. The summed E-state index contributed by atoms with van der Waals surface area (Å²) in [6.45, 7) is 7.68. The van der Waals surface area contributed by atoms with Crippen LogP contribution in [0.5, 0.6) is 0 Å². The maximum Gasteiger partial charge on any atom is 0.152 e. The molecule has 0 spiro atoms. The maximum absolute atomic E-state index is 12.9. The van der Waals surface area contributed by atoms with Crippen molar-refractivity contribution in [1.29, 1.82) is 0 Å². The van der Waals surface area contributed by atoms with Gasteiger partial charge in [0.2, 0.25) is 0 Å². The van der Waals surface area contributed by atoms with Crippen molar-refractivity contribution < 1.29 is 13.2 Å². The van der Waals surface area contributed by atoms with Gasteiger partial charge in [0.1, 0.15) is 5.78 Å². The Morgan fingerprint density at radius 2 is 1.79 bits per heavy atom. The molecule has 158 valence electrons. The molecule has 0 unspecified atom stereocenters. The predicted octanol–water partition coefficient (Wildman–Crippen LogP) is 5.77. The van der Waals surface area contributed by atoms with Crippen LogP contribution in [0.1, 0.15) is 56.2 Å². The average Bonchev–Trinajstić information content (AvgIpc) is 3.10. The lowest BCUT2D eigenvalue weighted by molar-refractivity contribution is -0.123. The van der Waals surface area contributed by atoms with Crippen LogP contribution in [0.4, 0.5) is 0 Å². The molecule has 0 N–H and O–H groups in total. The standard InChI is InChI=1S/C24H32O3S2/c1-16(2)29(26,27)15-19-5-7-20(8-6-19)23(25)13-21-9-10-22(12-18(21)4)24-11-17(3)14-28-24/h9-12,14,16,19-20H,5-8,13,15H2,1-4H3. The molecule has 1 fully saturated rings. The van der Waals surface area contributed by atoms with Gasteiger partial charge in [-0.2, -0.15) is 0 Å². The molecule has 0 atom stereocenters. The lowest BCUT2D eigenvalue weighted by Gasteiger charge is -2.28. The lowest BCUT2D eigenvalue weighted by Crippen LogP contribution is -2.29. The molecular weight excluding hydrogens is 400 g/mol. The van der Waals surface area contributed by atoms with Gasteiger partial charge in [0, 0.05) is 17.2 Å². The molecule has 1 aliphatic carbocycles. The number of carbonyl (C=O) groups is 1. The van der Waals surface area contributed by atoms with Gasteiger partial charge >= 0.3 is 0 Å². The highest BCUT2D eigenvalue weighted by molar-refractivity contribution is 7.91. The van der Waals surface area contributed by atoms with Gasteiger partial charge in [0.05, 0.1) is 11.0 Å². The molecule has 5 heteroatoms. The lowest BCUT2D eigenvalue weighted by atomic mass is 9.79. The van der Waals surface area contributed by atoms with Crippen LogP contribution in [0, 0.1) is 25.7 Å². The fourth-order valence-electron chi connectivity index (χ4n) is 4.13. The van der Waals surface area contributed by atoms with Crippen molar-refractivity contribution in [1.82, 2.24) is 0 Å². The van der Waals surface area contributed by atoms with E-state index in [9.17, 15) is 13.2 Å². The van der Waals surface area contributed by atoms with E-state index in [4.69, 9.17) is 0 Å². The van der Waals surface area contributed by atoms with Gasteiger partial charge in [-0.1, -0.05) is 18.2 Å². The van der Waals surface area contributed by atoms with E-state index in [-0.39, 0.29) is 22.8 Å². The second-order valence-corrected chi connectivity index (χ2v) is 12.4. The van der Waals surface area contributed by atoms with Crippen LogP contribution >= 0.6 is 11.3 Å². The zero-order chi connectivity index (χ0) is 21.2. The smallest absolute Gasteiger partial charge is 0.152 e. The van der Waals surface area contributed by atoms with Gasteiger partial charge in [0.15, 0.2) is 9.84 Å². The molecule has 1 heterocycles. The molecule has 29 heavy (non-hydrogen) atoms. The van der Waals surface area contributed by atoms with E-state index in [2.05, 4.69) is 43.5 Å². The first kappa shape index (κ1) is 22.2. The van der Waals surface area contributed by atoms with Crippen molar-refractivity contribution >= 4 is 27.0 Å². The molecule has 0 aliphatic heterocycles. The predicted molar refractivity (Wildman–Crippen MR) is 122 cm³/mol. The molecule has 1 aromatic carbocycles. The van der Waals surface area contributed by atoms with Crippen molar-refractivity contribution in [2.24, 2.45) is 11.8 Å². The van der Waals surface area contributed by atoms with Gasteiger partial charge in [-0.15, -0.1) is 11.3 Å². The van der Waals surface area contributed by atoms with Gasteiger partial charge in [-0.05, 0) is 93.0 Å². The highest BCUT2D eigenvalue weighted by Crippen LogP contribution is 2.33. The Bertz CT molecular complexity index is 962. The minimum Gasteiger partial charge on any atom is -0.299 e. The van der Waals surface area contributed by atoms with Crippen molar-refractivity contribution in [3.8, 4) is 10.4 Å². The monoisotopic (exact) mass is 432 g/mol. The molecule has 1 aromatic heterocycles. The number of aryl methyl sites for hydroxylation is 2. The van der Waals surface area contributed by atoms with Crippen molar-refractivity contribution in [3.63, 3.8) is 0 Å². The minimum atomic E-state index is -3.00. The normalized spacial score (nSPS) is 20.2. The van der Waals surface area contributed by atoms with E-state index in [1.54, 1.807) is 25.2 Å². The van der Waals surface area contributed by atoms with Gasteiger partial charge in [-0.3, -0.25) is 4.79 Å². The number of carbonyl (C=O) groups excluding carboxylic acids is 1. The van der Waals surface area contributed by atoms with Crippen molar-refractivity contribution in [2.75, 3.05) is 5.75 Å². The fourth-order valence-corrected chi connectivity index (χ4v) is 6.41. The van der Waals surface area contributed by atoms with E-state index in [0.29, 0.717) is 12.2 Å². The van der Waals surface area contributed by atoms with Crippen LogP contribution in [0.3, 0.4) is 0 Å². The summed E-state index contributed by atoms with van der Waals surface area (Å²) >= 11 is 1.75. The van der Waals surface area contributed by atoms with E-state index in [0.717, 1.165) is 31.2 Å². The van der Waals surface area contributed by atoms with E-state index in [1.165, 1.54) is 21.6 Å². The van der Waals surface area contributed by atoms with E-state index < -0.39 is 9.84 Å². The number of ketones is 1. The van der Waals surface area contributed by atoms with E-state index in [1.807, 2.05) is 0 Å². The molecule has 0 amide bonds. The van der Waals surface area contributed by atoms with Crippen LogP contribution in [0.2, 0.25) is 0 Å². The molecule has 1 aliphatic rings. The SMILES string of the molecule is Cc1csc(-c2ccc(CC(=O)C3CCC(CS(=O)(=O)C(C)C)CC3)c(C)c2)c1. The molecule has 0 saturated heterocycles. The Hall–Kier alpha value is -1.46. The molecule has 3 nitrogen and oxygen atoms in total. The Labute approximate surface area is 179 Å². The van der Waals surface area contributed by atoms with Crippen LogP contribution in [-0.4, -0.2) is 25.2 Å². The molecule has 1 saturated carbocycles. The molecule has 0 bridgehead atoms. The second-order valence-electron chi connectivity index (χ2n) is 8.87. The Kier molecular flexibility index (Phi) is 7.00. The number of thiophene rings is 1. The van der Waals surface area contributed by atoms with Gasteiger partial charge < -0.3 is 0 Å². The highest BCUT2D eigenvalue weighted by Gasteiger charge is 2.30. The van der Waals surface area contributed by atoms with Gasteiger partial charge in [0.25, 0.3) is 0 Å². The van der Waals surface area contributed by atoms with Crippen molar-refractivity contribution in [2.45, 2.75) is 65.0 Å². The third-order valence-corrected chi connectivity index (χ3v) is 9.68. The zero-order valence-electron chi connectivity index (χ0n) is 17.9. The summed E-state index contributed by atoms with van der Waals surface area (Å²) in [6, 6.07) is 8.59. The average molecular weight is 433 g/mol. The first-order chi connectivity index (χ1) is 13.7. The third-order valence-electron chi connectivity index (χ3n) is 6.21. The third kappa shape index (κ3) is 5.58. The Morgan fingerprint density at radius 3 is 2.34 bits per heavy atom. The summed E-state index contributed by atoms with van der Waals surface area (Å²) < 4.78 is 24.3. The fraction of sp³-hybridized carbons (Fsp3) is 0.542. The summed E-state index contributed by atoms with van der Waals surface area (Å²) in [6.07, 6.45) is 3.82. The van der Waals surface area contributed by atoms with Gasteiger partial charge in [-0.25, -0.2) is 8.42 Å². The van der Waals surface area contributed by atoms with Crippen LogP contribution in [0.15, 0.2) is 29.6 Å². The number of hydrogen-bond acceptors (Lipinski definition) is 4. The summed E-state index contributed by atoms with van der Waals surface area (Å²) in [7, 11) is -3.00. The number of benzene rings is 1. The van der Waals surface area contributed by atoms with Crippen LogP contribution in [0.25, 0.3) is 10.4 Å². The number of Topliss-reactive ketones (excluding diaryl/α,β-unsaturated/α-hetero) is 1. The summed E-state index contributed by atoms with van der Waals surface area (Å²) in [5.41, 5.74) is 4.76. The number of hydrogen-bond donors (Lipinski definition) is 0. The maximum atomic E-state index is 12.9. The summed E-state index contributed by atoms with van der Waals surface area (Å²) in [4.78, 5) is 14.1. The molecule has 0 radical (unpaired) electrons. The molecule has 3 rings (SSSR count). The number of sulfone groups is 1. The zero-order valence-corrected chi connectivity index (χ0v) is 19.5. The van der Waals surface area contributed by atoms with Crippen LogP contribution in [-0.2, 0) is 21.1 Å². The minimum absolute atomic E-state index is 0.0760. The second kappa shape index (κ2) is 9.13. The Balaban J connectivity index is 1.57. The quantitative estimate of drug-likeness (QED) is 0.558. The number of rotatable bonds is 7. The molecule has 2 aromatic rings. The van der Waals surface area contributed by atoms with Crippen LogP contribution < -0.4 is 0 Å². The van der Waals surface area contributed by atoms with E-state index >= 15 is 0 Å². The largest absolute Gasteiger partial charge is 0.299 e. The molecular formula is C24H32O3S2. The Morgan fingerprint density at radius 1 is 1.10 bits per heavy atom.